The van der Waals surface area contributed by atoms with Gasteiger partial charge in [-0.05, 0) is 11.5 Å². The number of ether oxygens (including phenoxy) is 1. The van der Waals surface area contributed by atoms with Gasteiger partial charge in [-0.2, -0.15) is 0 Å². The second-order valence-corrected chi connectivity index (χ2v) is 4.25. The van der Waals surface area contributed by atoms with E-state index in [-0.39, 0.29) is 17.9 Å². The molecule has 1 aromatic carbocycles. The Morgan fingerprint density at radius 1 is 1.35 bits per heavy atom. The van der Waals surface area contributed by atoms with E-state index >= 15 is 0 Å². The van der Waals surface area contributed by atoms with Gasteiger partial charge in [0.15, 0.2) is 0 Å². The molecule has 3 heteroatoms. The van der Waals surface area contributed by atoms with Crippen LogP contribution in [0, 0.1) is 5.92 Å². The summed E-state index contributed by atoms with van der Waals surface area (Å²) in [7, 11) is 1.43. The summed E-state index contributed by atoms with van der Waals surface area (Å²) in [6, 6.07) is 9.82. The van der Waals surface area contributed by atoms with E-state index in [2.05, 4.69) is 19.2 Å². The summed E-state index contributed by atoms with van der Waals surface area (Å²) in [5.74, 6) is 0.0847. The quantitative estimate of drug-likeness (QED) is 0.769. The molecular formula is C14H21NO2. The second-order valence-electron chi connectivity index (χ2n) is 4.25. The van der Waals surface area contributed by atoms with Crippen molar-refractivity contribution >= 4 is 5.97 Å². The monoisotopic (exact) mass is 235 g/mol. The van der Waals surface area contributed by atoms with Crippen LogP contribution in [0.15, 0.2) is 30.3 Å². The normalized spacial score (nSPS) is 14.1. The molecule has 0 unspecified atom stereocenters. The fraction of sp³-hybridized carbons (Fsp3) is 0.500. The molecule has 0 radical (unpaired) electrons. The third-order valence-corrected chi connectivity index (χ3v) is 3.04. The van der Waals surface area contributed by atoms with Gasteiger partial charge in [0.2, 0.25) is 0 Å². The average molecular weight is 235 g/mol. The van der Waals surface area contributed by atoms with Gasteiger partial charge in [-0.15, -0.1) is 0 Å². The first-order valence-electron chi connectivity index (χ1n) is 6.04. The summed E-state index contributed by atoms with van der Waals surface area (Å²) < 4.78 is 4.82. The molecule has 0 amide bonds. The Balaban J connectivity index is 2.58. The van der Waals surface area contributed by atoms with Crippen LogP contribution in [-0.4, -0.2) is 19.1 Å². The molecule has 2 atom stereocenters. The third-order valence-electron chi connectivity index (χ3n) is 3.04. The molecule has 3 nitrogen and oxygen atoms in total. The van der Waals surface area contributed by atoms with Gasteiger partial charge in [-0.25, -0.2) is 0 Å². The van der Waals surface area contributed by atoms with Crippen LogP contribution in [0.2, 0.25) is 0 Å². The number of carbonyl (C=O) groups excluding carboxylic acids is 1. The third kappa shape index (κ3) is 4.19. The van der Waals surface area contributed by atoms with Crippen LogP contribution in [0.25, 0.3) is 0 Å². The van der Waals surface area contributed by atoms with Crippen molar-refractivity contribution < 1.29 is 9.53 Å². The summed E-state index contributed by atoms with van der Waals surface area (Å²) >= 11 is 0. The molecule has 0 aromatic heterocycles. The van der Waals surface area contributed by atoms with Crippen molar-refractivity contribution in [2.24, 2.45) is 5.92 Å². The number of nitrogens with one attached hydrogen (secondary N) is 1. The Labute approximate surface area is 103 Å². The van der Waals surface area contributed by atoms with Gasteiger partial charge in [0.1, 0.15) is 6.04 Å². The molecule has 0 aliphatic carbocycles. The van der Waals surface area contributed by atoms with Gasteiger partial charge in [0.25, 0.3) is 0 Å². The number of methoxy groups -OCH3 is 1. The molecule has 94 valence electrons. The summed E-state index contributed by atoms with van der Waals surface area (Å²) in [6.07, 6.45) is 0.946. The van der Waals surface area contributed by atoms with Crippen LogP contribution in [0.5, 0.6) is 0 Å². The van der Waals surface area contributed by atoms with Crippen molar-refractivity contribution in [3.8, 4) is 0 Å². The van der Waals surface area contributed by atoms with E-state index in [0.717, 1.165) is 6.42 Å². The Kier molecular flexibility index (Phi) is 5.70. The largest absolute Gasteiger partial charge is 0.468 e. The number of hydrogen-bond donors (Lipinski definition) is 1. The summed E-state index contributed by atoms with van der Waals surface area (Å²) in [5.41, 5.74) is 1.17. The molecule has 1 rings (SSSR count). The van der Waals surface area contributed by atoms with Crippen molar-refractivity contribution in [1.29, 1.82) is 0 Å². The fourth-order valence-electron chi connectivity index (χ4n) is 1.70. The molecule has 0 saturated heterocycles. The zero-order valence-electron chi connectivity index (χ0n) is 10.8. The van der Waals surface area contributed by atoms with E-state index < -0.39 is 0 Å². The lowest BCUT2D eigenvalue weighted by Gasteiger charge is -2.21. The highest BCUT2D eigenvalue weighted by Crippen LogP contribution is 2.10. The maximum Gasteiger partial charge on any atom is 0.323 e. The lowest BCUT2D eigenvalue weighted by molar-refractivity contribution is -0.144. The molecule has 1 N–H and O–H groups in total. The van der Waals surface area contributed by atoms with E-state index in [4.69, 9.17) is 4.74 Å². The summed E-state index contributed by atoms with van der Waals surface area (Å²) in [4.78, 5) is 11.6. The molecule has 0 fully saturated rings. The highest BCUT2D eigenvalue weighted by molar-refractivity contribution is 5.75. The van der Waals surface area contributed by atoms with Crippen molar-refractivity contribution in [2.45, 2.75) is 32.9 Å². The predicted molar refractivity (Wildman–Crippen MR) is 68.5 cm³/mol. The van der Waals surface area contributed by atoms with E-state index in [0.29, 0.717) is 6.54 Å². The molecule has 0 spiro atoms. The van der Waals surface area contributed by atoms with E-state index in [1.54, 1.807) is 0 Å². The van der Waals surface area contributed by atoms with Crippen LogP contribution >= 0.6 is 0 Å². The Hall–Kier alpha value is -1.35. The lowest BCUT2D eigenvalue weighted by atomic mass is 9.99. The molecule has 1 aromatic rings. The maximum absolute atomic E-state index is 11.6. The van der Waals surface area contributed by atoms with Crippen LogP contribution < -0.4 is 5.32 Å². The summed E-state index contributed by atoms with van der Waals surface area (Å²) in [5, 5.41) is 3.26. The first-order chi connectivity index (χ1) is 8.19. The number of carbonyl (C=O) groups is 1. The smallest absolute Gasteiger partial charge is 0.323 e. The Bertz CT molecular complexity index is 337. The zero-order chi connectivity index (χ0) is 12.7. The molecular weight excluding hydrogens is 214 g/mol. The first-order valence-corrected chi connectivity index (χ1v) is 6.04. The van der Waals surface area contributed by atoms with E-state index in [9.17, 15) is 4.79 Å². The molecule has 0 aliphatic heterocycles. The van der Waals surface area contributed by atoms with Crippen molar-refractivity contribution in [3.05, 3.63) is 35.9 Å². The summed E-state index contributed by atoms with van der Waals surface area (Å²) in [6.45, 7) is 4.81. The van der Waals surface area contributed by atoms with Crippen molar-refractivity contribution in [3.63, 3.8) is 0 Å². The Morgan fingerprint density at radius 2 is 2.00 bits per heavy atom. The minimum Gasteiger partial charge on any atom is -0.468 e. The van der Waals surface area contributed by atoms with Gasteiger partial charge in [0.05, 0.1) is 7.11 Å². The topological polar surface area (TPSA) is 38.3 Å². The van der Waals surface area contributed by atoms with Crippen LogP contribution in [0.3, 0.4) is 0 Å². The number of rotatable bonds is 6. The molecule has 0 heterocycles. The van der Waals surface area contributed by atoms with Gasteiger partial charge in [-0.1, -0.05) is 50.6 Å². The predicted octanol–water partition coefficient (Wildman–Crippen LogP) is 2.36. The minimum atomic E-state index is -0.231. The van der Waals surface area contributed by atoms with Crippen molar-refractivity contribution in [2.75, 3.05) is 7.11 Å². The van der Waals surface area contributed by atoms with Gasteiger partial charge in [-0.3, -0.25) is 4.79 Å². The first kappa shape index (κ1) is 13.7. The molecule has 0 saturated carbocycles. The number of benzene rings is 1. The SMILES string of the molecule is CC[C@@H](C)[C@@H](NCc1ccccc1)C(=O)OC. The number of hydrogen-bond acceptors (Lipinski definition) is 3. The molecule has 0 bridgehead atoms. The standard InChI is InChI=1S/C14H21NO2/c1-4-11(2)13(14(16)17-3)15-10-12-8-6-5-7-9-12/h5-9,11,13,15H,4,10H2,1-3H3/t11-,13-/m1/s1. The lowest BCUT2D eigenvalue weighted by Crippen LogP contribution is -2.42. The maximum atomic E-state index is 11.6. The highest BCUT2D eigenvalue weighted by atomic mass is 16.5. The van der Waals surface area contributed by atoms with E-state index in [1.807, 2.05) is 30.3 Å². The highest BCUT2D eigenvalue weighted by Gasteiger charge is 2.23. The van der Waals surface area contributed by atoms with Crippen LogP contribution in [-0.2, 0) is 16.1 Å². The average Bonchev–Trinajstić information content (AvgIpc) is 2.39. The van der Waals surface area contributed by atoms with Crippen molar-refractivity contribution in [1.82, 2.24) is 5.32 Å². The van der Waals surface area contributed by atoms with E-state index in [1.165, 1.54) is 12.7 Å². The molecule has 17 heavy (non-hydrogen) atoms. The van der Waals surface area contributed by atoms with Gasteiger partial charge < -0.3 is 10.1 Å². The zero-order valence-corrected chi connectivity index (χ0v) is 10.8. The van der Waals surface area contributed by atoms with Gasteiger partial charge >= 0.3 is 5.97 Å². The van der Waals surface area contributed by atoms with Crippen LogP contribution in [0.1, 0.15) is 25.8 Å². The second kappa shape index (κ2) is 7.07. The fourth-order valence-corrected chi connectivity index (χ4v) is 1.70. The van der Waals surface area contributed by atoms with Crippen LogP contribution in [0.4, 0.5) is 0 Å². The Morgan fingerprint density at radius 3 is 2.53 bits per heavy atom. The number of esters is 1. The minimum absolute atomic E-state index is 0.185. The van der Waals surface area contributed by atoms with Gasteiger partial charge in [0, 0.05) is 6.54 Å². The molecule has 0 aliphatic rings.